The Bertz CT molecular complexity index is 2080. The van der Waals surface area contributed by atoms with Crippen LogP contribution in [0.5, 0.6) is 0 Å². The second-order valence-corrected chi connectivity index (χ2v) is 12.3. The summed E-state index contributed by atoms with van der Waals surface area (Å²) in [6.07, 6.45) is 8.14. The standard InChI is InChI=1S/C30H28N8O3S.CH2O2/c1-19-23(9-10-26-25(19)17-35-38(26)18-30(2,3)39)28-24-15-27(34-16-20(24)11-14-31-28)36-21-5-7-22(8-6-21)37-42(40,41)29-32-12-4-13-33-29;2-1-3/h4-17,37,39H,18H2,1-3H3,(H,34,36);1H,(H,2,3). The zero-order valence-corrected chi connectivity index (χ0v) is 25.4. The number of carbonyl (C=O) groups is 1. The van der Waals surface area contributed by atoms with E-state index in [1.807, 2.05) is 42.1 Å². The van der Waals surface area contributed by atoms with Gasteiger partial charge < -0.3 is 15.5 Å². The molecular formula is C31H30N8O5S. The molecule has 0 atom stereocenters. The highest BCUT2D eigenvalue weighted by Gasteiger charge is 2.19. The Morgan fingerprint density at radius 3 is 2.29 bits per heavy atom. The predicted octanol–water partition coefficient (Wildman–Crippen LogP) is 4.76. The van der Waals surface area contributed by atoms with Gasteiger partial charge in [0.15, 0.2) is 0 Å². The van der Waals surface area contributed by atoms with Gasteiger partial charge in [0.1, 0.15) is 5.82 Å². The van der Waals surface area contributed by atoms with E-state index in [4.69, 9.17) is 14.9 Å². The number of aromatic nitrogens is 6. The van der Waals surface area contributed by atoms with Gasteiger partial charge in [-0.3, -0.25) is 19.2 Å². The quantitative estimate of drug-likeness (QED) is 0.135. The fourth-order valence-corrected chi connectivity index (χ4v) is 5.72. The number of nitrogens with one attached hydrogen (secondary N) is 2. The Labute approximate surface area is 258 Å². The number of hydrogen-bond donors (Lipinski definition) is 4. The van der Waals surface area contributed by atoms with E-state index in [-0.39, 0.29) is 11.6 Å². The summed E-state index contributed by atoms with van der Waals surface area (Å²) in [6, 6.07) is 16.3. The molecule has 4 aromatic heterocycles. The van der Waals surface area contributed by atoms with Crippen LogP contribution in [0.15, 0.2) is 90.7 Å². The molecular weight excluding hydrogens is 596 g/mol. The van der Waals surface area contributed by atoms with Crippen LogP contribution in [0.1, 0.15) is 19.4 Å². The van der Waals surface area contributed by atoms with Gasteiger partial charge in [-0.25, -0.2) is 15.0 Å². The molecule has 45 heavy (non-hydrogen) atoms. The zero-order valence-electron chi connectivity index (χ0n) is 24.6. The Hall–Kier alpha value is -5.47. The van der Waals surface area contributed by atoms with Crippen molar-refractivity contribution in [2.24, 2.45) is 0 Å². The number of anilines is 3. The highest BCUT2D eigenvalue weighted by atomic mass is 32.2. The first-order valence-corrected chi connectivity index (χ1v) is 15.1. The number of hydrogen-bond acceptors (Lipinski definition) is 10. The second kappa shape index (κ2) is 12.6. The number of pyridine rings is 2. The fraction of sp³-hybridized carbons (Fsp3) is 0.161. The number of carboxylic acid groups (broad SMARTS) is 1. The summed E-state index contributed by atoms with van der Waals surface area (Å²) in [5.74, 6) is 0.611. The molecule has 2 aromatic carbocycles. The third kappa shape index (κ3) is 7.03. The molecule has 0 radical (unpaired) electrons. The van der Waals surface area contributed by atoms with E-state index in [9.17, 15) is 13.5 Å². The van der Waals surface area contributed by atoms with Crippen LogP contribution in [0.2, 0.25) is 0 Å². The lowest BCUT2D eigenvalue weighted by molar-refractivity contribution is -0.122. The van der Waals surface area contributed by atoms with Gasteiger partial charge in [-0.15, -0.1) is 0 Å². The summed E-state index contributed by atoms with van der Waals surface area (Å²) in [4.78, 5) is 25.3. The van der Waals surface area contributed by atoms with Crippen molar-refractivity contribution in [3.63, 3.8) is 0 Å². The number of sulfonamides is 1. The first-order chi connectivity index (χ1) is 21.5. The number of benzene rings is 2. The number of nitrogens with zero attached hydrogens (tertiary/aromatic N) is 6. The molecule has 6 rings (SSSR count). The van der Waals surface area contributed by atoms with Gasteiger partial charge in [-0.1, -0.05) is 6.07 Å². The van der Waals surface area contributed by atoms with Crippen LogP contribution in [-0.2, 0) is 21.4 Å². The van der Waals surface area contributed by atoms with E-state index in [0.717, 1.165) is 44.2 Å². The molecule has 0 aliphatic carbocycles. The van der Waals surface area contributed by atoms with E-state index in [2.05, 4.69) is 30.1 Å². The van der Waals surface area contributed by atoms with E-state index < -0.39 is 15.6 Å². The molecule has 0 aliphatic heterocycles. The maximum atomic E-state index is 12.5. The molecule has 0 amide bonds. The normalized spacial score (nSPS) is 11.6. The average Bonchev–Trinajstić information content (AvgIpc) is 3.41. The third-order valence-corrected chi connectivity index (χ3v) is 7.92. The highest BCUT2D eigenvalue weighted by Crippen LogP contribution is 2.34. The summed E-state index contributed by atoms with van der Waals surface area (Å²) in [5, 5.41) is 27.5. The van der Waals surface area contributed by atoms with E-state index in [1.165, 1.54) is 12.4 Å². The summed E-state index contributed by atoms with van der Waals surface area (Å²) in [7, 11) is -3.89. The minimum absolute atomic E-state index is 0.250. The molecule has 6 aromatic rings. The Morgan fingerprint density at radius 2 is 1.60 bits per heavy atom. The average molecular weight is 627 g/mol. The molecule has 0 spiro atoms. The molecule has 13 nitrogen and oxygen atoms in total. The zero-order chi connectivity index (χ0) is 32.2. The molecule has 0 saturated heterocycles. The van der Waals surface area contributed by atoms with Crippen molar-refractivity contribution in [1.29, 1.82) is 0 Å². The van der Waals surface area contributed by atoms with Crippen LogP contribution in [0, 0.1) is 6.92 Å². The predicted molar refractivity (Wildman–Crippen MR) is 171 cm³/mol. The lowest BCUT2D eigenvalue weighted by atomic mass is 9.98. The maximum Gasteiger partial charge on any atom is 0.297 e. The summed E-state index contributed by atoms with van der Waals surface area (Å²) >= 11 is 0. The van der Waals surface area contributed by atoms with E-state index in [0.29, 0.717) is 18.1 Å². The van der Waals surface area contributed by atoms with Crippen LogP contribution in [-0.4, -0.2) is 60.4 Å². The fourth-order valence-electron chi connectivity index (χ4n) is 4.78. The minimum atomic E-state index is -3.89. The molecule has 14 heteroatoms. The highest BCUT2D eigenvalue weighted by molar-refractivity contribution is 7.92. The number of aliphatic hydroxyl groups is 1. The molecule has 230 valence electrons. The topological polar surface area (TPSA) is 185 Å². The van der Waals surface area contributed by atoms with Crippen LogP contribution < -0.4 is 10.0 Å². The molecule has 0 unspecified atom stereocenters. The largest absolute Gasteiger partial charge is 0.483 e. The van der Waals surface area contributed by atoms with E-state index in [1.54, 1.807) is 56.6 Å². The van der Waals surface area contributed by atoms with Crippen molar-refractivity contribution in [3.8, 4) is 11.3 Å². The van der Waals surface area contributed by atoms with Gasteiger partial charge in [0, 0.05) is 57.9 Å². The number of aryl methyl sites for hydroxylation is 1. The second-order valence-electron chi connectivity index (χ2n) is 10.7. The summed E-state index contributed by atoms with van der Waals surface area (Å²) in [6.45, 7) is 5.71. The Balaban J connectivity index is 0.00000128. The summed E-state index contributed by atoms with van der Waals surface area (Å²) in [5.41, 5.74) is 4.01. The SMILES string of the molecule is Cc1c(-c2nccc3cnc(Nc4ccc(NS(=O)(=O)c5ncccn5)cc4)cc23)ccc2c1cnn2CC(C)(C)O.O=CO. The van der Waals surface area contributed by atoms with Crippen molar-refractivity contribution in [2.75, 3.05) is 10.0 Å². The molecule has 0 aliphatic rings. The number of rotatable bonds is 8. The molecule has 0 bridgehead atoms. The minimum Gasteiger partial charge on any atom is -0.483 e. The van der Waals surface area contributed by atoms with E-state index >= 15 is 0 Å². The van der Waals surface area contributed by atoms with Gasteiger partial charge in [0.05, 0.1) is 29.6 Å². The lowest BCUT2D eigenvalue weighted by Gasteiger charge is -2.18. The van der Waals surface area contributed by atoms with Gasteiger partial charge >= 0.3 is 0 Å². The monoisotopic (exact) mass is 626 g/mol. The van der Waals surface area contributed by atoms with Crippen LogP contribution >= 0.6 is 0 Å². The van der Waals surface area contributed by atoms with Crippen molar-refractivity contribution < 1.29 is 23.4 Å². The van der Waals surface area contributed by atoms with Crippen LogP contribution in [0.25, 0.3) is 32.9 Å². The summed E-state index contributed by atoms with van der Waals surface area (Å²) < 4.78 is 29.3. The Kier molecular flexibility index (Phi) is 8.70. The number of fused-ring (bicyclic) bond motifs is 2. The van der Waals surface area contributed by atoms with Crippen molar-refractivity contribution >= 4 is 55.4 Å². The first-order valence-electron chi connectivity index (χ1n) is 13.7. The van der Waals surface area contributed by atoms with Crippen LogP contribution in [0.4, 0.5) is 17.2 Å². The van der Waals surface area contributed by atoms with Gasteiger partial charge in [0.25, 0.3) is 21.7 Å². The molecule has 4 N–H and O–H groups in total. The first kappa shape index (κ1) is 31.0. The maximum absolute atomic E-state index is 12.5. The van der Waals surface area contributed by atoms with Crippen LogP contribution in [0.3, 0.4) is 0 Å². The molecule has 4 heterocycles. The molecule has 0 saturated carbocycles. The van der Waals surface area contributed by atoms with Crippen molar-refractivity contribution in [1.82, 2.24) is 29.7 Å². The van der Waals surface area contributed by atoms with Crippen molar-refractivity contribution in [3.05, 3.63) is 91.1 Å². The Morgan fingerprint density at radius 1 is 0.911 bits per heavy atom. The molecule has 0 fully saturated rings. The van der Waals surface area contributed by atoms with Gasteiger partial charge in [-0.05, 0) is 74.9 Å². The lowest BCUT2D eigenvalue weighted by Crippen LogP contribution is -2.26. The third-order valence-electron chi connectivity index (χ3n) is 6.73. The smallest absolute Gasteiger partial charge is 0.297 e. The van der Waals surface area contributed by atoms with Gasteiger partial charge in [-0.2, -0.15) is 13.5 Å². The van der Waals surface area contributed by atoms with Crippen molar-refractivity contribution in [2.45, 2.75) is 38.1 Å². The van der Waals surface area contributed by atoms with Gasteiger partial charge in [0.2, 0.25) is 0 Å².